The van der Waals surface area contributed by atoms with Gasteiger partial charge >= 0.3 is 0 Å². The lowest BCUT2D eigenvalue weighted by atomic mass is 9.92. The van der Waals surface area contributed by atoms with E-state index >= 15 is 0 Å². The molecular weight excluding hydrogens is 483 g/mol. The number of rotatable bonds is 12. The van der Waals surface area contributed by atoms with Gasteiger partial charge in [-0.2, -0.15) is 0 Å². The maximum Gasteiger partial charge on any atom is 0.225 e. The monoisotopic (exact) mass is 514 g/mol. The Labute approximate surface area is 217 Å². The van der Waals surface area contributed by atoms with Crippen molar-refractivity contribution >= 4 is 29.1 Å². The summed E-state index contributed by atoms with van der Waals surface area (Å²) in [6.45, 7) is 5.01. The molecule has 35 heavy (non-hydrogen) atoms. The van der Waals surface area contributed by atoms with Crippen molar-refractivity contribution in [3.63, 3.8) is 0 Å². The highest BCUT2D eigenvalue weighted by Crippen LogP contribution is 2.33. The first-order valence-corrected chi connectivity index (χ1v) is 12.5. The van der Waals surface area contributed by atoms with Crippen molar-refractivity contribution in [1.82, 2.24) is 5.32 Å². The summed E-state index contributed by atoms with van der Waals surface area (Å²) in [5.74, 6) is 0.835. The van der Waals surface area contributed by atoms with Crippen molar-refractivity contribution in [3.8, 4) is 11.5 Å². The van der Waals surface area contributed by atoms with Crippen LogP contribution in [0.1, 0.15) is 23.6 Å². The Morgan fingerprint density at radius 1 is 0.943 bits per heavy atom. The standard InChI is InChI=1S/C28H32Cl2N2O3/c1-19-16-25(29)27(26(30)17-19)35-15-14-34-23-10-8-22(9-11-23)18-24(20(2)31)28(33)32-13-12-21-6-4-3-5-7-21/h3-11,16-17,20,24H,12-15,18,31H2,1-2H3,(H,32,33). The molecule has 5 nitrogen and oxygen atoms in total. The maximum atomic E-state index is 12.8. The number of carbonyl (C=O) groups is 1. The number of hydrogen-bond donors (Lipinski definition) is 2. The van der Waals surface area contributed by atoms with Crippen molar-refractivity contribution in [3.05, 3.63) is 93.5 Å². The number of amides is 1. The first-order chi connectivity index (χ1) is 16.8. The van der Waals surface area contributed by atoms with E-state index in [-0.39, 0.29) is 17.9 Å². The predicted octanol–water partition coefficient (Wildman–Crippen LogP) is 5.62. The molecule has 0 saturated carbocycles. The Morgan fingerprint density at radius 3 is 2.20 bits per heavy atom. The van der Waals surface area contributed by atoms with Crippen LogP contribution < -0.4 is 20.5 Å². The molecule has 186 valence electrons. The summed E-state index contributed by atoms with van der Waals surface area (Å²) in [7, 11) is 0. The van der Waals surface area contributed by atoms with Crippen LogP contribution in [0, 0.1) is 12.8 Å². The average molecular weight is 515 g/mol. The number of benzene rings is 3. The van der Waals surface area contributed by atoms with Crippen molar-refractivity contribution < 1.29 is 14.3 Å². The smallest absolute Gasteiger partial charge is 0.225 e. The minimum atomic E-state index is -0.310. The summed E-state index contributed by atoms with van der Waals surface area (Å²) in [5.41, 5.74) is 9.32. The van der Waals surface area contributed by atoms with Crippen LogP contribution in [0.5, 0.6) is 11.5 Å². The minimum Gasteiger partial charge on any atom is -0.490 e. The zero-order valence-corrected chi connectivity index (χ0v) is 21.6. The molecule has 0 heterocycles. The second kappa shape index (κ2) is 13.4. The van der Waals surface area contributed by atoms with Crippen LogP contribution in [-0.2, 0) is 17.6 Å². The Balaban J connectivity index is 1.45. The van der Waals surface area contributed by atoms with Gasteiger partial charge in [-0.05, 0) is 67.6 Å². The van der Waals surface area contributed by atoms with Crippen LogP contribution in [0.25, 0.3) is 0 Å². The number of ether oxygens (including phenoxy) is 2. The topological polar surface area (TPSA) is 73.6 Å². The molecule has 0 fully saturated rings. The van der Waals surface area contributed by atoms with Crippen LogP contribution in [-0.4, -0.2) is 31.7 Å². The zero-order chi connectivity index (χ0) is 25.2. The quantitative estimate of drug-likeness (QED) is 0.307. The molecule has 3 aromatic rings. The largest absolute Gasteiger partial charge is 0.490 e. The second-order valence-corrected chi connectivity index (χ2v) is 9.41. The van der Waals surface area contributed by atoms with Crippen LogP contribution >= 0.6 is 23.2 Å². The van der Waals surface area contributed by atoms with Crippen LogP contribution in [0.15, 0.2) is 66.7 Å². The molecule has 0 radical (unpaired) electrons. The van der Waals surface area contributed by atoms with E-state index in [0.717, 1.165) is 17.5 Å². The molecule has 0 aromatic heterocycles. The van der Waals surface area contributed by atoms with Gasteiger partial charge in [0, 0.05) is 12.6 Å². The Bertz CT molecular complexity index is 1070. The molecule has 3 aromatic carbocycles. The van der Waals surface area contributed by atoms with Crippen LogP contribution in [0.3, 0.4) is 0 Å². The fraction of sp³-hybridized carbons (Fsp3) is 0.321. The normalized spacial score (nSPS) is 12.6. The first kappa shape index (κ1) is 26.9. The number of hydrogen-bond acceptors (Lipinski definition) is 4. The molecule has 0 saturated heterocycles. The third kappa shape index (κ3) is 8.46. The van der Waals surface area contributed by atoms with Crippen LogP contribution in [0.2, 0.25) is 10.0 Å². The maximum absolute atomic E-state index is 12.8. The molecule has 2 atom stereocenters. The van der Waals surface area contributed by atoms with Crippen molar-refractivity contribution in [2.75, 3.05) is 19.8 Å². The van der Waals surface area contributed by atoms with Gasteiger partial charge in [0.2, 0.25) is 5.91 Å². The van der Waals surface area contributed by atoms with E-state index in [4.69, 9.17) is 38.4 Å². The zero-order valence-electron chi connectivity index (χ0n) is 20.1. The SMILES string of the molecule is Cc1cc(Cl)c(OCCOc2ccc(CC(C(=O)NCCc3ccccc3)C(C)N)cc2)c(Cl)c1. The molecule has 7 heteroatoms. The van der Waals surface area contributed by atoms with Gasteiger partial charge in [0.25, 0.3) is 0 Å². The van der Waals surface area contributed by atoms with Gasteiger partial charge in [0.1, 0.15) is 19.0 Å². The summed E-state index contributed by atoms with van der Waals surface area (Å²) in [4.78, 5) is 12.8. The van der Waals surface area contributed by atoms with Crippen molar-refractivity contribution in [1.29, 1.82) is 0 Å². The number of nitrogens with one attached hydrogen (secondary N) is 1. The van der Waals surface area contributed by atoms with E-state index in [1.165, 1.54) is 5.56 Å². The van der Waals surface area contributed by atoms with Gasteiger partial charge < -0.3 is 20.5 Å². The van der Waals surface area contributed by atoms with E-state index in [9.17, 15) is 4.79 Å². The lowest BCUT2D eigenvalue weighted by Crippen LogP contribution is -2.42. The molecule has 0 aliphatic heterocycles. The van der Waals surface area contributed by atoms with Gasteiger partial charge in [0.15, 0.2) is 5.75 Å². The molecule has 0 aliphatic rings. The summed E-state index contributed by atoms with van der Waals surface area (Å²) >= 11 is 12.4. The molecule has 3 rings (SSSR count). The highest BCUT2D eigenvalue weighted by molar-refractivity contribution is 6.37. The number of nitrogens with two attached hydrogens (primary N) is 1. The lowest BCUT2D eigenvalue weighted by molar-refractivity contribution is -0.125. The molecule has 2 unspecified atom stereocenters. The van der Waals surface area contributed by atoms with Gasteiger partial charge in [-0.25, -0.2) is 0 Å². The third-order valence-corrected chi connectivity index (χ3v) is 6.21. The van der Waals surface area contributed by atoms with Crippen molar-refractivity contribution in [2.24, 2.45) is 11.7 Å². The predicted molar refractivity (Wildman–Crippen MR) is 143 cm³/mol. The highest BCUT2D eigenvalue weighted by Gasteiger charge is 2.22. The van der Waals surface area contributed by atoms with E-state index in [0.29, 0.717) is 47.7 Å². The van der Waals surface area contributed by atoms with E-state index in [1.54, 1.807) is 12.1 Å². The first-order valence-electron chi connectivity index (χ1n) is 11.7. The van der Waals surface area contributed by atoms with E-state index < -0.39 is 0 Å². The molecule has 0 bridgehead atoms. The highest BCUT2D eigenvalue weighted by atomic mass is 35.5. The molecule has 1 amide bonds. The molecule has 3 N–H and O–H groups in total. The number of halogens is 2. The lowest BCUT2D eigenvalue weighted by Gasteiger charge is -2.20. The van der Waals surface area contributed by atoms with E-state index in [2.05, 4.69) is 17.4 Å². The summed E-state index contributed by atoms with van der Waals surface area (Å²) in [5, 5.41) is 3.98. The molecule has 0 spiro atoms. The van der Waals surface area contributed by atoms with Gasteiger partial charge in [-0.15, -0.1) is 0 Å². The minimum absolute atomic E-state index is 0.0261. The Morgan fingerprint density at radius 2 is 1.57 bits per heavy atom. The average Bonchev–Trinajstić information content (AvgIpc) is 2.82. The summed E-state index contributed by atoms with van der Waals surface area (Å²) < 4.78 is 11.5. The molecular formula is C28H32Cl2N2O3. The Kier molecular flexibility index (Phi) is 10.3. The van der Waals surface area contributed by atoms with Crippen molar-refractivity contribution in [2.45, 2.75) is 32.7 Å². The van der Waals surface area contributed by atoms with Gasteiger partial charge in [-0.1, -0.05) is 65.7 Å². The fourth-order valence-corrected chi connectivity index (χ4v) is 4.43. The summed E-state index contributed by atoms with van der Waals surface area (Å²) in [6.07, 6.45) is 1.35. The molecule has 0 aliphatic carbocycles. The fourth-order valence-electron chi connectivity index (χ4n) is 3.73. The van der Waals surface area contributed by atoms with E-state index in [1.807, 2.05) is 56.3 Å². The Hall–Kier alpha value is -2.73. The summed E-state index contributed by atoms with van der Waals surface area (Å²) in [6, 6.07) is 21.1. The number of carbonyl (C=O) groups excluding carboxylic acids is 1. The number of aryl methyl sites for hydroxylation is 1. The van der Waals surface area contributed by atoms with Crippen LogP contribution in [0.4, 0.5) is 0 Å². The van der Waals surface area contributed by atoms with Gasteiger partial charge in [0.05, 0.1) is 16.0 Å². The second-order valence-electron chi connectivity index (χ2n) is 8.59. The van der Waals surface area contributed by atoms with Gasteiger partial charge in [-0.3, -0.25) is 4.79 Å². The third-order valence-electron chi connectivity index (χ3n) is 5.65.